The van der Waals surface area contributed by atoms with Crippen molar-refractivity contribution in [1.29, 1.82) is 0 Å². The van der Waals surface area contributed by atoms with Gasteiger partial charge >= 0.3 is 0 Å². The number of amides is 1. The third kappa shape index (κ3) is 3.73. The number of nitrogens with one attached hydrogen (secondary N) is 2. The Bertz CT molecular complexity index is 718. The van der Waals surface area contributed by atoms with Gasteiger partial charge in [0.25, 0.3) is 5.91 Å². The minimum atomic E-state index is -0.220. The van der Waals surface area contributed by atoms with Crippen molar-refractivity contribution >= 4 is 17.4 Å². The fourth-order valence-electron chi connectivity index (χ4n) is 2.19. The van der Waals surface area contributed by atoms with Gasteiger partial charge < -0.3 is 20.1 Å². The van der Waals surface area contributed by atoms with Gasteiger partial charge in [-0.1, -0.05) is 6.92 Å². The summed E-state index contributed by atoms with van der Waals surface area (Å²) in [6.07, 6.45) is 0.864. The molecule has 0 radical (unpaired) electrons. The van der Waals surface area contributed by atoms with Gasteiger partial charge in [-0.2, -0.15) is 0 Å². The van der Waals surface area contributed by atoms with Crippen LogP contribution in [0.25, 0.3) is 0 Å². The van der Waals surface area contributed by atoms with Crippen LogP contribution in [0.2, 0.25) is 0 Å². The van der Waals surface area contributed by atoms with Gasteiger partial charge in [0.15, 0.2) is 23.0 Å². The van der Waals surface area contributed by atoms with Crippen LogP contribution in [0.15, 0.2) is 30.3 Å². The summed E-state index contributed by atoms with van der Waals surface area (Å²) in [7, 11) is 0. The maximum atomic E-state index is 12.0. The lowest BCUT2D eigenvalue weighted by Crippen LogP contribution is -2.32. The highest BCUT2D eigenvalue weighted by Crippen LogP contribution is 2.33. The van der Waals surface area contributed by atoms with E-state index in [1.54, 1.807) is 12.1 Å². The molecule has 2 aromatic rings. The molecule has 1 aliphatic rings. The van der Waals surface area contributed by atoms with Gasteiger partial charge in [0.1, 0.15) is 13.2 Å². The first-order chi connectivity index (χ1) is 11.7. The molecule has 1 aliphatic heterocycles. The molecule has 126 valence electrons. The molecule has 0 fully saturated rings. The monoisotopic (exact) mass is 328 g/mol. The van der Waals surface area contributed by atoms with Gasteiger partial charge in [-0.15, -0.1) is 10.2 Å². The second-order valence-corrected chi connectivity index (χ2v) is 5.57. The molecule has 1 atom stereocenters. The fraction of sp³-hybridized carbons (Fsp3) is 0.353. The van der Waals surface area contributed by atoms with Crippen LogP contribution in [-0.2, 0) is 0 Å². The molecule has 3 rings (SSSR count). The highest BCUT2D eigenvalue weighted by atomic mass is 16.6. The molecule has 0 saturated heterocycles. The van der Waals surface area contributed by atoms with Crippen LogP contribution in [0.3, 0.4) is 0 Å². The van der Waals surface area contributed by atoms with Gasteiger partial charge in [0.05, 0.1) is 0 Å². The van der Waals surface area contributed by atoms with E-state index >= 15 is 0 Å². The van der Waals surface area contributed by atoms with E-state index in [-0.39, 0.29) is 11.9 Å². The summed E-state index contributed by atoms with van der Waals surface area (Å²) in [5.74, 6) is 1.76. The third-order valence-corrected chi connectivity index (χ3v) is 3.70. The molecule has 0 bridgehead atoms. The molecule has 0 spiro atoms. The van der Waals surface area contributed by atoms with E-state index in [4.69, 9.17) is 9.47 Å². The third-order valence-electron chi connectivity index (χ3n) is 3.70. The first-order valence-electron chi connectivity index (χ1n) is 7.97. The Balaban J connectivity index is 1.67. The van der Waals surface area contributed by atoms with Crippen molar-refractivity contribution in [3.8, 4) is 11.5 Å². The van der Waals surface area contributed by atoms with Crippen molar-refractivity contribution in [2.75, 3.05) is 18.5 Å². The zero-order valence-corrected chi connectivity index (χ0v) is 13.7. The molecule has 7 nitrogen and oxygen atoms in total. The van der Waals surface area contributed by atoms with Crippen molar-refractivity contribution in [1.82, 2.24) is 15.5 Å². The van der Waals surface area contributed by atoms with Crippen LogP contribution in [0.5, 0.6) is 11.5 Å². The smallest absolute Gasteiger partial charge is 0.272 e. The number of hydrogen-bond donors (Lipinski definition) is 2. The summed E-state index contributed by atoms with van der Waals surface area (Å²) >= 11 is 0. The number of fused-ring (bicyclic) bond motifs is 1. The number of hydrogen-bond acceptors (Lipinski definition) is 6. The number of aromatic nitrogens is 2. The number of anilines is 2. The zero-order valence-electron chi connectivity index (χ0n) is 13.7. The molecule has 7 heteroatoms. The van der Waals surface area contributed by atoms with Crippen LogP contribution in [0.4, 0.5) is 11.5 Å². The summed E-state index contributed by atoms with van der Waals surface area (Å²) in [5.41, 5.74) is 1.10. The Labute approximate surface area is 140 Å². The van der Waals surface area contributed by atoms with Crippen LogP contribution in [-0.4, -0.2) is 35.4 Å². The molecule has 1 amide bonds. The topological polar surface area (TPSA) is 85.4 Å². The lowest BCUT2D eigenvalue weighted by Gasteiger charge is -2.19. The Morgan fingerprint density at radius 1 is 1.17 bits per heavy atom. The predicted octanol–water partition coefficient (Wildman–Crippen LogP) is 2.52. The van der Waals surface area contributed by atoms with Crippen LogP contribution < -0.4 is 20.1 Å². The lowest BCUT2D eigenvalue weighted by molar-refractivity contribution is 0.0933. The lowest BCUT2D eigenvalue weighted by atomic mass is 10.2. The number of benzene rings is 1. The predicted molar refractivity (Wildman–Crippen MR) is 90.0 cm³/mol. The van der Waals surface area contributed by atoms with Crippen LogP contribution in [0, 0.1) is 0 Å². The first-order valence-corrected chi connectivity index (χ1v) is 7.97. The molecule has 2 heterocycles. The molecular formula is C17H20N4O3. The Hall–Kier alpha value is -2.83. The van der Waals surface area contributed by atoms with Gasteiger partial charge in [-0.05, 0) is 37.6 Å². The maximum absolute atomic E-state index is 12.0. The van der Waals surface area contributed by atoms with E-state index in [2.05, 4.69) is 20.8 Å². The minimum Gasteiger partial charge on any atom is -0.486 e. The summed E-state index contributed by atoms with van der Waals surface area (Å²) in [6, 6.07) is 9.03. The summed E-state index contributed by atoms with van der Waals surface area (Å²) in [5, 5.41) is 14.0. The number of rotatable bonds is 5. The second-order valence-electron chi connectivity index (χ2n) is 5.57. The number of carbonyl (C=O) groups is 1. The van der Waals surface area contributed by atoms with E-state index in [9.17, 15) is 4.79 Å². The average molecular weight is 328 g/mol. The van der Waals surface area contributed by atoms with Gasteiger partial charge in [0.2, 0.25) is 0 Å². The van der Waals surface area contributed by atoms with E-state index < -0.39 is 0 Å². The summed E-state index contributed by atoms with van der Waals surface area (Å²) in [4.78, 5) is 12.0. The second kappa shape index (κ2) is 7.16. The Kier molecular flexibility index (Phi) is 4.79. The zero-order chi connectivity index (χ0) is 16.9. The van der Waals surface area contributed by atoms with Crippen molar-refractivity contribution in [2.45, 2.75) is 26.3 Å². The van der Waals surface area contributed by atoms with Crippen molar-refractivity contribution in [3.05, 3.63) is 36.0 Å². The molecule has 1 aromatic heterocycles. The average Bonchev–Trinajstić information content (AvgIpc) is 2.62. The molecular weight excluding hydrogens is 308 g/mol. The molecule has 2 N–H and O–H groups in total. The van der Waals surface area contributed by atoms with Crippen molar-refractivity contribution in [2.24, 2.45) is 0 Å². The molecule has 1 unspecified atom stereocenters. The normalized spacial score (nSPS) is 13.9. The molecule has 0 saturated carbocycles. The first kappa shape index (κ1) is 16.0. The van der Waals surface area contributed by atoms with Gasteiger partial charge in [-0.25, -0.2) is 0 Å². The van der Waals surface area contributed by atoms with E-state index in [0.29, 0.717) is 30.5 Å². The number of ether oxygens (including phenoxy) is 2. The van der Waals surface area contributed by atoms with E-state index in [0.717, 1.165) is 17.9 Å². The highest BCUT2D eigenvalue weighted by Gasteiger charge is 2.13. The van der Waals surface area contributed by atoms with Crippen LogP contribution in [0.1, 0.15) is 30.8 Å². The largest absolute Gasteiger partial charge is 0.486 e. The maximum Gasteiger partial charge on any atom is 0.272 e. The molecule has 24 heavy (non-hydrogen) atoms. The summed E-state index contributed by atoms with van der Waals surface area (Å²) < 4.78 is 11.0. The van der Waals surface area contributed by atoms with Crippen molar-refractivity contribution < 1.29 is 14.3 Å². The Morgan fingerprint density at radius 3 is 2.67 bits per heavy atom. The van der Waals surface area contributed by atoms with E-state index in [1.807, 2.05) is 32.0 Å². The quantitative estimate of drug-likeness (QED) is 0.877. The standard InChI is InChI=1S/C17H20N4O3/c1-3-11(2)18-17(22)13-5-7-16(21-20-13)19-12-4-6-14-15(10-12)24-9-8-23-14/h4-7,10-11H,3,8-9H2,1-2H3,(H,18,22)(H,19,21). The van der Waals surface area contributed by atoms with E-state index in [1.165, 1.54) is 0 Å². The molecule has 1 aromatic carbocycles. The SMILES string of the molecule is CCC(C)NC(=O)c1ccc(Nc2ccc3c(c2)OCCO3)nn1. The van der Waals surface area contributed by atoms with Crippen molar-refractivity contribution in [3.63, 3.8) is 0 Å². The molecule has 0 aliphatic carbocycles. The summed E-state index contributed by atoms with van der Waals surface area (Å²) in [6.45, 7) is 5.06. The van der Waals surface area contributed by atoms with Gasteiger partial charge in [0, 0.05) is 17.8 Å². The fourth-order valence-corrected chi connectivity index (χ4v) is 2.19. The van der Waals surface area contributed by atoms with Crippen LogP contribution >= 0.6 is 0 Å². The highest BCUT2D eigenvalue weighted by molar-refractivity contribution is 5.92. The number of nitrogens with zero attached hydrogens (tertiary/aromatic N) is 2. The van der Waals surface area contributed by atoms with Gasteiger partial charge in [-0.3, -0.25) is 4.79 Å². The Morgan fingerprint density at radius 2 is 1.96 bits per heavy atom. The number of carbonyl (C=O) groups excluding carboxylic acids is 1. The minimum absolute atomic E-state index is 0.106.